The van der Waals surface area contributed by atoms with Crippen LogP contribution in [0.3, 0.4) is 0 Å². The number of halogens is 2. The number of hydrogen-bond donors (Lipinski definition) is 1. The Balaban J connectivity index is 2.10. The summed E-state index contributed by atoms with van der Waals surface area (Å²) in [5, 5.41) is 2.71. The highest BCUT2D eigenvalue weighted by molar-refractivity contribution is 7.92. The fourth-order valence-corrected chi connectivity index (χ4v) is 4.75. The summed E-state index contributed by atoms with van der Waals surface area (Å²) in [6.45, 7) is 5.59. The summed E-state index contributed by atoms with van der Waals surface area (Å²) in [6.07, 6.45) is 0. The molecule has 0 saturated heterocycles. The Bertz CT molecular complexity index is 1090. The first-order valence-electron chi connectivity index (χ1n) is 8.21. The van der Waals surface area contributed by atoms with Crippen LogP contribution in [0.5, 0.6) is 0 Å². The SMILES string of the molecule is Cc1nc(-c2ccc(C(C)C)c(S(=O)(=O)Nc3cc(F)ccc3F)c2)cs1. The van der Waals surface area contributed by atoms with Gasteiger partial charge in [0.2, 0.25) is 0 Å². The first kappa shape index (κ1) is 19.4. The van der Waals surface area contributed by atoms with E-state index in [1.165, 1.54) is 17.4 Å². The van der Waals surface area contributed by atoms with Gasteiger partial charge in [0, 0.05) is 17.0 Å². The zero-order valence-electron chi connectivity index (χ0n) is 15.0. The van der Waals surface area contributed by atoms with Gasteiger partial charge in [0.1, 0.15) is 11.6 Å². The number of thiazole rings is 1. The monoisotopic (exact) mass is 408 g/mol. The molecule has 8 heteroatoms. The number of hydrogen-bond acceptors (Lipinski definition) is 4. The molecule has 2 aromatic carbocycles. The molecule has 0 amide bonds. The average molecular weight is 408 g/mol. The lowest BCUT2D eigenvalue weighted by molar-refractivity contribution is 0.593. The Labute approximate surface area is 161 Å². The normalized spacial score (nSPS) is 11.8. The van der Waals surface area contributed by atoms with Crippen LogP contribution in [0.4, 0.5) is 14.5 Å². The molecule has 0 aliphatic rings. The maximum atomic E-state index is 13.9. The summed E-state index contributed by atoms with van der Waals surface area (Å²) >= 11 is 1.46. The second-order valence-electron chi connectivity index (χ2n) is 6.39. The predicted molar refractivity (Wildman–Crippen MR) is 104 cm³/mol. The summed E-state index contributed by atoms with van der Waals surface area (Å²) in [7, 11) is -4.13. The van der Waals surface area contributed by atoms with E-state index in [-0.39, 0.29) is 10.8 Å². The van der Waals surface area contributed by atoms with Gasteiger partial charge in [-0.15, -0.1) is 11.3 Å². The Hall–Kier alpha value is -2.32. The topological polar surface area (TPSA) is 59.1 Å². The molecule has 27 heavy (non-hydrogen) atoms. The first-order chi connectivity index (χ1) is 12.7. The molecule has 0 radical (unpaired) electrons. The van der Waals surface area contributed by atoms with Gasteiger partial charge >= 0.3 is 0 Å². The number of anilines is 1. The summed E-state index contributed by atoms with van der Waals surface area (Å²) in [4.78, 5) is 4.40. The van der Waals surface area contributed by atoms with E-state index in [4.69, 9.17) is 0 Å². The summed E-state index contributed by atoms with van der Waals surface area (Å²) in [5.41, 5.74) is 1.46. The van der Waals surface area contributed by atoms with Gasteiger partial charge in [-0.25, -0.2) is 22.2 Å². The molecule has 0 aliphatic carbocycles. The highest BCUT2D eigenvalue weighted by Gasteiger charge is 2.23. The smallest absolute Gasteiger partial charge is 0.262 e. The van der Waals surface area contributed by atoms with Crippen molar-refractivity contribution in [2.24, 2.45) is 0 Å². The number of nitrogens with one attached hydrogen (secondary N) is 1. The van der Waals surface area contributed by atoms with E-state index < -0.39 is 27.3 Å². The molecule has 0 fully saturated rings. The van der Waals surface area contributed by atoms with Crippen molar-refractivity contribution >= 4 is 27.0 Å². The van der Waals surface area contributed by atoms with E-state index in [0.29, 0.717) is 16.8 Å². The third kappa shape index (κ3) is 4.17. The van der Waals surface area contributed by atoms with Crippen LogP contribution in [0, 0.1) is 18.6 Å². The molecule has 3 rings (SSSR count). The van der Waals surface area contributed by atoms with Crippen molar-refractivity contribution in [3.8, 4) is 11.3 Å². The minimum absolute atomic E-state index is 0.0179. The maximum absolute atomic E-state index is 13.9. The second kappa shape index (κ2) is 7.36. The van der Waals surface area contributed by atoms with E-state index >= 15 is 0 Å². The van der Waals surface area contributed by atoms with E-state index in [0.717, 1.165) is 23.2 Å². The van der Waals surface area contributed by atoms with Crippen molar-refractivity contribution < 1.29 is 17.2 Å². The number of aromatic nitrogens is 1. The van der Waals surface area contributed by atoms with E-state index in [2.05, 4.69) is 9.71 Å². The molecule has 0 bridgehead atoms. The van der Waals surface area contributed by atoms with Crippen molar-refractivity contribution in [2.75, 3.05) is 4.72 Å². The molecule has 0 spiro atoms. The Morgan fingerprint density at radius 3 is 2.48 bits per heavy atom. The van der Waals surface area contributed by atoms with Gasteiger partial charge in [0.15, 0.2) is 0 Å². The predicted octanol–water partition coefficient (Wildman–Crippen LogP) is 5.32. The molecule has 0 aliphatic heterocycles. The molecule has 1 N–H and O–H groups in total. The van der Waals surface area contributed by atoms with Crippen LogP contribution in [-0.4, -0.2) is 13.4 Å². The van der Waals surface area contributed by atoms with Gasteiger partial charge in [-0.2, -0.15) is 0 Å². The zero-order valence-corrected chi connectivity index (χ0v) is 16.6. The lowest BCUT2D eigenvalue weighted by Gasteiger charge is -2.16. The summed E-state index contributed by atoms with van der Waals surface area (Å²) in [6, 6.07) is 7.68. The van der Waals surface area contributed by atoms with Gasteiger partial charge in [-0.1, -0.05) is 26.0 Å². The van der Waals surface area contributed by atoms with Crippen LogP contribution in [0.25, 0.3) is 11.3 Å². The number of benzene rings is 2. The van der Waals surface area contributed by atoms with Gasteiger partial charge in [-0.3, -0.25) is 4.72 Å². The fourth-order valence-electron chi connectivity index (χ4n) is 2.67. The molecule has 0 atom stereocenters. The average Bonchev–Trinajstić information content (AvgIpc) is 3.04. The lowest BCUT2D eigenvalue weighted by atomic mass is 10.0. The molecule has 3 aromatic rings. The van der Waals surface area contributed by atoms with Gasteiger partial charge < -0.3 is 0 Å². The zero-order chi connectivity index (χ0) is 19.8. The third-order valence-electron chi connectivity index (χ3n) is 4.01. The molecule has 142 valence electrons. The summed E-state index contributed by atoms with van der Waals surface area (Å²) < 4.78 is 55.4. The highest BCUT2D eigenvalue weighted by atomic mass is 32.2. The van der Waals surface area contributed by atoms with E-state index in [1.807, 2.05) is 32.2 Å². The van der Waals surface area contributed by atoms with Crippen LogP contribution in [0.15, 0.2) is 46.7 Å². The Kier molecular flexibility index (Phi) is 5.30. The molecule has 0 unspecified atom stereocenters. The van der Waals surface area contributed by atoms with Crippen molar-refractivity contribution in [1.29, 1.82) is 0 Å². The molecule has 1 aromatic heterocycles. The standard InChI is InChI=1S/C19H18F2N2O2S2/c1-11(2)15-6-4-13(18-10-26-12(3)22-18)8-19(15)27(24,25)23-17-9-14(20)5-7-16(17)21/h4-11,23H,1-3H3. The largest absolute Gasteiger partial charge is 0.277 e. The van der Waals surface area contributed by atoms with Gasteiger partial charge in [0.05, 0.1) is 21.3 Å². The van der Waals surface area contributed by atoms with E-state index in [1.54, 1.807) is 6.07 Å². The molecule has 1 heterocycles. The number of aryl methyl sites for hydroxylation is 1. The second-order valence-corrected chi connectivity index (χ2v) is 9.10. The third-order valence-corrected chi connectivity index (χ3v) is 6.21. The van der Waals surface area contributed by atoms with Gasteiger partial charge in [0.25, 0.3) is 10.0 Å². The molecular formula is C19H18F2N2O2S2. The van der Waals surface area contributed by atoms with Crippen LogP contribution in [0.2, 0.25) is 0 Å². The van der Waals surface area contributed by atoms with Crippen molar-refractivity contribution in [3.63, 3.8) is 0 Å². The van der Waals surface area contributed by atoms with Crippen LogP contribution < -0.4 is 4.72 Å². The van der Waals surface area contributed by atoms with Crippen LogP contribution in [0.1, 0.15) is 30.3 Å². The minimum Gasteiger partial charge on any atom is -0.277 e. The molecule has 0 saturated carbocycles. The quantitative estimate of drug-likeness (QED) is 0.621. The summed E-state index contributed by atoms with van der Waals surface area (Å²) in [5.74, 6) is -1.66. The Morgan fingerprint density at radius 2 is 1.85 bits per heavy atom. The molecular weight excluding hydrogens is 390 g/mol. The fraction of sp³-hybridized carbons (Fsp3) is 0.211. The van der Waals surface area contributed by atoms with Crippen molar-refractivity contribution in [1.82, 2.24) is 4.98 Å². The van der Waals surface area contributed by atoms with E-state index in [9.17, 15) is 17.2 Å². The maximum Gasteiger partial charge on any atom is 0.262 e. The minimum atomic E-state index is -4.13. The molecule has 4 nitrogen and oxygen atoms in total. The highest BCUT2D eigenvalue weighted by Crippen LogP contribution is 2.31. The van der Waals surface area contributed by atoms with Crippen molar-refractivity contribution in [3.05, 3.63) is 64.0 Å². The Morgan fingerprint density at radius 1 is 1.11 bits per heavy atom. The first-order valence-corrected chi connectivity index (χ1v) is 10.6. The van der Waals surface area contributed by atoms with Crippen LogP contribution >= 0.6 is 11.3 Å². The number of rotatable bonds is 5. The van der Waals surface area contributed by atoms with Crippen molar-refractivity contribution in [2.45, 2.75) is 31.6 Å². The van der Waals surface area contributed by atoms with Gasteiger partial charge in [-0.05, 0) is 36.6 Å². The lowest BCUT2D eigenvalue weighted by Crippen LogP contribution is -2.16. The number of nitrogens with zero attached hydrogens (tertiary/aromatic N) is 1. The van der Waals surface area contributed by atoms with Crippen LogP contribution in [-0.2, 0) is 10.0 Å². The number of sulfonamides is 1.